The van der Waals surface area contributed by atoms with Crippen molar-refractivity contribution in [2.45, 2.75) is 5.41 Å². The van der Waals surface area contributed by atoms with Gasteiger partial charge in [-0.1, -0.05) is 206 Å². The minimum absolute atomic E-state index is 0.609. The Morgan fingerprint density at radius 1 is 0.344 bits per heavy atom. The van der Waals surface area contributed by atoms with E-state index >= 15 is 0 Å². The first kappa shape index (κ1) is 36.2. The molecular formula is C60H38N4. The molecular weight excluding hydrogens is 777 g/mol. The number of rotatable bonds is 7. The summed E-state index contributed by atoms with van der Waals surface area (Å²) in [7, 11) is 0. The van der Waals surface area contributed by atoms with Crippen LogP contribution in [0.4, 0.5) is 0 Å². The lowest BCUT2D eigenvalue weighted by atomic mass is 9.65. The van der Waals surface area contributed by atoms with Crippen molar-refractivity contribution in [1.29, 1.82) is 0 Å². The van der Waals surface area contributed by atoms with Crippen LogP contribution in [0.1, 0.15) is 33.4 Å². The molecule has 11 aromatic rings. The lowest BCUT2D eigenvalue weighted by molar-refractivity contribution is 0.815. The van der Waals surface area contributed by atoms with Crippen LogP contribution in [0.25, 0.3) is 83.9 Å². The molecule has 4 heteroatoms. The molecule has 0 atom stereocenters. The number of nitrogens with zero attached hydrogens (tertiary/aromatic N) is 4. The van der Waals surface area contributed by atoms with E-state index in [1.807, 2.05) is 36.4 Å². The second-order valence-electron chi connectivity index (χ2n) is 16.6. The number of hydrogen-bond acceptors (Lipinski definition) is 3. The summed E-state index contributed by atoms with van der Waals surface area (Å²) in [5, 5.41) is 2.52. The Kier molecular flexibility index (Phi) is 8.09. The summed E-state index contributed by atoms with van der Waals surface area (Å²) in [6.07, 6.45) is 0. The molecule has 0 bridgehead atoms. The van der Waals surface area contributed by atoms with Gasteiger partial charge in [-0.05, 0) is 79.9 Å². The lowest BCUT2D eigenvalue weighted by Crippen LogP contribution is -2.29. The van der Waals surface area contributed by atoms with Crippen LogP contribution in [0.3, 0.4) is 0 Å². The van der Waals surface area contributed by atoms with E-state index in [1.165, 1.54) is 66.4 Å². The zero-order valence-electron chi connectivity index (χ0n) is 34.7. The van der Waals surface area contributed by atoms with Crippen LogP contribution in [0.15, 0.2) is 231 Å². The predicted molar refractivity (Wildman–Crippen MR) is 261 cm³/mol. The van der Waals surface area contributed by atoms with Crippen molar-refractivity contribution in [2.24, 2.45) is 0 Å². The number of fused-ring (bicyclic) bond motifs is 3. The summed E-state index contributed by atoms with van der Waals surface area (Å²) in [5.74, 6) is 1.91. The third-order valence-electron chi connectivity index (χ3n) is 13.3. The summed E-state index contributed by atoms with van der Waals surface area (Å²) in [4.78, 5) is 15.2. The molecule has 13 rings (SSSR count). The second kappa shape index (κ2) is 14.3. The van der Waals surface area contributed by atoms with Crippen LogP contribution >= 0.6 is 0 Å². The Labute approximate surface area is 371 Å². The van der Waals surface area contributed by atoms with Gasteiger partial charge in [-0.2, -0.15) is 0 Å². The normalized spacial score (nSPS) is 13.4. The fourth-order valence-corrected chi connectivity index (χ4v) is 10.7. The van der Waals surface area contributed by atoms with E-state index in [0.29, 0.717) is 17.5 Å². The fourth-order valence-electron chi connectivity index (χ4n) is 10.7. The second-order valence-corrected chi connectivity index (χ2v) is 16.6. The van der Waals surface area contributed by atoms with Gasteiger partial charge in [0.1, 0.15) is 0 Å². The van der Waals surface area contributed by atoms with Crippen molar-refractivity contribution in [1.82, 2.24) is 19.5 Å². The quantitative estimate of drug-likeness (QED) is 0.161. The van der Waals surface area contributed by atoms with Gasteiger partial charge in [-0.25, -0.2) is 15.0 Å². The fraction of sp³-hybridized carbons (Fsp3) is 0.0167. The molecule has 4 nitrogen and oxygen atoms in total. The Bertz CT molecular complexity index is 3530. The maximum Gasteiger partial charge on any atom is 0.164 e. The Hall–Kier alpha value is -8.47. The van der Waals surface area contributed by atoms with Crippen LogP contribution in [0, 0.1) is 0 Å². The minimum atomic E-state index is -0.609. The highest BCUT2D eigenvalue weighted by atomic mass is 15.0. The van der Waals surface area contributed by atoms with Crippen LogP contribution < -0.4 is 0 Å². The van der Waals surface area contributed by atoms with E-state index in [0.717, 1.165) is 33.4 Å². The molecule has 0 saturated carbocycles. The first-order chi connectivity index (χ1) is 31.8. The van der Waals surface area contributed by atoms with Gasteiger partial charge in [0.25, 0.3) is 0 Å². The van der Waals surface area contributed by atoms with Gasteiger partial charge in [0, 0.05) is 33.2 Å². The van der Waals surface area contributed by atoms with Crippen LogP contribution in [0.5, 0.6) is 0 Å². The summed E-state index contributed by atoms with van der Waals surface area (Å²) in [6, 6.07) is 83.0. The third-order valence-corrected chi connectivity index (χ3v) is 13.3. The number of aromatic nitrogens is 4. The van der Waals surface area contributed by atoms with Crippen LogP contribution in [0.2, 0.25) is 0 Å². The molecule has 2 aliphatic carbocycles. The zero-order valence-corrected chi connectivity index (χ0v) is 34.7. The molecule has 0 amide bonds. The van der Waals surface area contributed by atoms with Gasteiger partial charge in [0.2, 0.25) is 0 Å². The van der Waals surface area contributed by atoms with Crippen molar-refractivity contribution in [2.75, 3.05) is 0 Å². The molecule has 0 fully saturated rings. The highest BCUT2D eigenvalue weighted by molar-refractivity contribution is 6.28. The average Bonchev–Trinajstić information content (AvgIpc) is 3.85. The zero-order chi connectivity index (χ0) is 42.2. The van der Waals surface area contributed by atoms with E-state index < -0.39 is 5.41 Å². The number of hydrogen-bond donors (Lipinski definition) is 0. The van der Waals surface area contributed by atoms with Crippen molar-refractivity contribution < 1.29 is 0 Å². The first-order valence-electron chi connectivity index (χ1n) is 21.9. The molecule has 9 aromatic carbocycles. The Balaban J connectivity index is 1.13. The van der Waals surface area contributed by atoms with E-state index in [9.17, 15) is 0 Å². The molecule has 64 heavy (non-hydrogen) atoms. The molecule has 0 N–H and O–H groups in total. The summed E-state index contributed by atoms with van der Waals surface area (Å²) >= 11 is 0. The number of benzene rings is 9. The summed E-state index contributed by atoms with van der Waals surface area (Å²) in [6.45, 7) is 0. The smallest absolute Gasteiger partial charge is 0.164 e. The predicted octanol–water partition coefficient (Wildman–Crippen LogP) is 14.3. The standard InChI is InChI=1S/C60H38N4/c1-6-20-39(21-7-1)56-53-48-33-17-16-32-46(48)47-34-19-35-50-52(47)55-51(37-36-49(54(53)55)60(56,43-27-12-4-13-28-43)44-29-14-5-15-30-44)64(50)45-31-18-26-42(38-45)59-62-57(40-22-8-2-9-23-40)61-58(63-59)41-24-10-3-11-25-41/h1-38H. The molecule has 0 spiro atoms. The maximum absolute atomic E-state index is 5.13. The monoisotopic (exact) mass is 814 g/mol. The molecule has 2 aromatic heterocycles. The SMILES string of the molecule is c1ccc(C2=C3c4ccccc4-c4cccc5c4c4c3c(ccc4n5-c3cccc(-c4nc(-c5ccccc5)nc(-c5ccccc5)n4)c3)C2(c2ccccc2)c2ccccc2)cc1. The van der Waals surface area contributed by atoms with Crippen molar-refractivity contribution in [3.63, 3.8) is 0 Å². The van der Waals surface area contributed by atoms with Gasteiger partial charge in [-0.15, -0.1) is 0 Å². The third kappa shape index (κ3) is 5.26. The average molecular weight is 815 g/mol. The Morgan fingerprint density at radius 2 is 0.812 bits per heavy atom. The molecule has 2 heterocycles. The molecule has 0 radical (unpaired) electrons. The molecule has 0 saturated heterocycles. The first-order valence-corrected chi connectivity index (χ1v) is 21.9. The van der Waals surface area contributed by atoms with Gasteiger partial charge in [-0.3, -0.25) is 0 Å². The molecule has 0 aliphatic heterocycles. The molecule has 2 aliphatic rings. The van der Waals surface area contributed by atoms with E-state index in [2.05, 4.69) is 199 Å². The highest BCUT2D eigenvalue weighted by Gasteiger charge is 2.50. The van der Waals surface area contributed by atoms with Gasteiger partial charge in [0.15, 0.2) is 17.5 Å². The largest absolute Gasteiger partial charge is 0.309 e. The van der Waals surface area contributed by atoms with E-state index in [4.69, 9.17) is 15.0 Å². The molecule has 298 valence electrons. The maximum atomic E-state index is 5.13. The van der Waals surface area contributed by atoms with Gasteiger partial charge in [0.05, 0.1) is 16.4 Å². The van der Waals surface area contributed by atoms with Crippen molar-refractivity contribution in [3.8, 4) is 51.0 Å². The van der Waals surface area contributed by atoms with Crippen LogP contribution in [-0.4, -0.2) is 19.5 Å². The topological polar surface area (TPSA) is 43.6 Å². The lowest BCUT2D eigenvalue weighted by Gasteiger charge is -2.36. The highest BCUT2D eigenvalue weighted by Crippen LogP contribution is 2.63. The van der Waals surface area contributed by atoms with Crippen molar-refractivity contribution >= 4 is 33.0 Å². The van der Waals surface area contributed by atoms with Crippen LogP contribution in [-0.2, 0) is 5.41 Å². The van der Waals surface area contributed by atoms with Gasteiger partial charge >= 0.3 is 0 Å². The van der Waals surface area contributed by atoms with E-state index in [-0.39, 0.29) is 0 Å². The van der Waals surface area contributed by atoms with Crippen molar-refractivity contribution in [3.05, 3.63) is 264 Å². The molecule has 0 unspecified atom stereocenters. The van der Waals surface area contributed by atoms with Gasteiger partial charge < -0.3 is 4.57 Å². The summed E-state index contributed by atoms with van der Waals surface area (Å²) < 4.78 is 2.45. The minimum Gasteiger partial charge on any atom is -0.309 e. The number of allylic oxidation sites excluding steroid dienone is 1. The Morgan fingerprint density at radius 3 is 1.42 bits per heavy atom. The summed E-state index contributed by atoms with van der Waals surface area (Å²) in [5.41, 5.74) is 18.1. The van der Waals surface area contributed by atoms with E-state index in [1.54, 1.807) is 0 Å².